The molecule has 2 nitrogen and oxygen atoms in total. The van der Waals surface area contributed by atoms with Crippen molar-refractivity contribution in [3.63, 3.8) is 0 Å². The summed E-state index contributed by atoms with van der Waals surface area (Å²) in [7, 11) is 0. The summed E-state index contributed by atoms with van der Waals surface area (Å²) < 4.78 is 1.14. The third-order valence-corrected chi connectivity index (χ3v) is 4.63. The van der Waals surface area contributed by atoms with Gasteiger partial charge in [-0.05, 0) is 48.1 Å². The van der Waals surface area contributed by atoms with Gasteiger partial charge in [0.2, 0.25) is 5.91 Å². The lowest BCUT2D eigenvalue weighted by atomic mass is 10.1. The Morgan fingerprint density at radius 2 is 1.96 bits per heavy atom. The fraction of sp³-hybridized carbons (Fsp3) is 0.0952. The Morgan fingerprint density at radius 1 is 1.12 bits per heavy atom. The average Bonchev–Trinajstić information content (AvgIpc) is 2.99. The lowest BCUT2D eigenvalue weighted by Gasteiger charge is -1.99. The number of fused-ring (bicyclic) bond motifs is 1. The van der Waals surface area contributed by atoms with Crippen LogP contribution in [0.4, 0.5) is 0 Å². The standard InChI is InChI=1S/C21H21NOS/c1-3-5-6-7-8-9-11-16(10-4-2)20-15-18-14-17(21(22)23)12-13-19(18)24-20/h3-4,6-9,11-15H,1-2,5,10H2,(H2,22,23). The first-order valence-electron chi connectivity index (χ1n) is 7.73. The van der Waals surface area contributed by atoms with Crippen LogP contribution in [0.15, 0.2) is 80.0 Å². The van der Waals surface area contributed by atoms with Crippen LogP contribution in [-0.2, 0) is 0 Å². The van der Waals surface area contributed by atoms with Crippen LogP contribution in [0.25, 0.3) is 15.7 Å². The van der Waals surface area contributed by atoms with Crippen molar-refractivity contribution >= 4 is 32.9 Å². The Hall–Kier alpha value is -2.65. The van der Waals surface area contributed by atoms with Crippen molar-refractivity contribution in [2.45, 2.75) is 12.8 Å². The number of primary amides is 1. The molecule has 0 saturated carbocycles. The Labute approximate surface area is 147 Å². The second-order valence-corrected chi connectivity index (χ2v) is 6.33. The van der Waals surface area contributed by atoms with Gasteiger partial charge >= 0.3 is 0 Å². The second kappa shape index (κ2) is 8.85. The summed E-state index contributed by atoms with van der Waals surface area (Å²) in [5, 5.41) is 1.04. The van der Waals surface area contributed by atoms with Gasteiger partial charge in [0.05, 0.1) is 0 Å². The van der Waals surface area contributed by atoms with Crippen LogP contribution in [-0.4, -0.2) is 5.91 Å². The van der Waals surface area contributed by atoms with E-state index in [2.05, 4.69) is 31.4 Å². The number of carbonyl (C=O) groups is 1. The molecule has 1 aromatic heterocycles. The number of hydrogen-bond donors (Lipinski definition) is 1. The molecule has 1 heterocycles. The van der Waals surface area contributed by atoms with Gasteiger partial charge in [-0.2, -0.15) is 0 Å². The molecule has 0 fully saturated rings. The van der Waals surface area contributed by atoms with E-state index in [-0.39, 0.29) is 0 Å². The molecule has 0 unspecified atom stereocenters. The van der Waals surface area contributed by atoms with Gasteiger partial charge in [-0.1, -0.05) is 42.5 Å². The number of rotatable bonds is 8. The molecule has 24 heavy (non-hydrogen) atoms. The molecule has 0 radical (unpaired) electrons. The molecule has 0 bridgehead atoms. The van der Waals surface area contributed by atoms with E-state index in [1.165, 1.54) is 10.5 Å². The van der Waals surface area contributed by atoms with Crippen LogP contribution in [0.1, 0.15) is 28.1 Å². The normalized spacial score (nSPS) is 12.2. The van der Waals surface area contributed by atoms with Gasteiger partial charge in [0.1, 0.15) is 0 Å². The van der Waals surface area contributed by atoms with E-state index >= 15 is 0 Å². The molecule has 122 valence electrons. The van der Waals surface area contributed by atoms with Crippen molar-refractivity contribution < 1.29 is 4.79 Å². The Balaban J connectivity index is 2.29. The van der Waals surface area contributed by atoms with Gasteiger partial charge < -0.3 is 5.73 Å². The highest BCUT2D eigenvalue weighted by Crippen LogP contribution is 2.32. The molecule has 0 atom stereocenters. The van der Waals surface area contributed by atoms with Crippen LogP contribution in [0.5, 0.6) is 0 Å². The van der Waals surface area contributed by atoms with E-state index in [9.17, 15) is 4.79 Å². The maximum absolute atomic E-state index is 11.3. The molecule has 2 rings (SSSR count). The van der Waals surface area contributed by atoms with Gasteiger partial charge in [0, 0.05) is 15.1 Å². The molecule has 2 aromatic rings. The lowest BCUT2D eigenvalue weighted by molar-refractivity contribution is 0.100. The zero-order valence-corrected chi connectivity index (χ0v) is 14.4. The minimum Gasteiger partial charge on any atom is -0.366 e. The van der Waals surface area contributed by atoms with Crippen LogP contribution in [0, 0.1) is 0 Å². The van der Waals surface area contributed by atoms with Crippen LogP contribution >= 0.6 is 11.3 Å². The highest BCUT2D eigenvalue weighted by molar-refractivity contribution is 7.20. The molecule has 0 spiro atoms. The summed E-state index contributed by atoms with van der Waals surface area (Å²) in [5.41, 5.74) is 7.08. The van der Waals surface area contributed by atoms with Crippen LogP contribution in [0.2, 0.25) is 0 Å². The minimum absolute atomic E-state index is 0.402. The number of allylic oxidation sites excluding steroid dienone is 8. The van der Waals surface area contributed by atoms with E-state index in [1.54, 1.807) is 17.4 Å². The number of hydrogen-bond acceptors (Lipinski definition) is 2. The minimum atomic E-state index is -0.402. The monoisotopic (exact) mass is 335 g/mol. The molecule has 3 heteroatoms. The smallest absolute Gasteiger partial charge is 0.248 e. The summed E-state index contributed by atoms with van der Waals surface area (Å²) in [5.74, 6) is -0.402. The van der Waals surface area contributed by atoms with Crippen molar-refractivity contribution in [3.05, 3.63) is 90.4 Å². The zero-order valence-electron chi connectivity index (χ0n) is 13.6. The van der Waals surface area contributed by atoms with Crippen LogP contribution < -0.4 is 5.73 Å². The SMILES string of the molecule is C=CCC=CC=CC=C(CC=C)c1cc2cc(C(N)=O)ccc2s1. The third-order valence-electron chi connectivity index (χ3n) is 3.44. The summed E-state index contributed by atoms with van der Waals surface area (Å²) in [6.45, 7) is 7.52. The maximum Gasteiger partial charge on any atom is 0.248 e. The topological polar surface area (TPSA) is 43.1 Å². The summed E-state index contributed by atoms with van der Waals surface area (Å²) in [4.78, 5) is 12.5. The van der Waals surface area contributed by atoms with Crippen molar-refractivity contribution in [1.29, 1.82) is 0 Å². The fourth-order valence-corrected chi connectivity index (χ4v) is 3.33. The molecular weight excluding hydrogens is 314 g/mol. The summed E-state index contributed by atoms with van der Waals surface area (Å²) in [6, 6.07) is 7.66. The molecule has 0 saturated heterocycles. The molecule has 0 aliphatic heterocycles. The number of benzene rings is 1. The molecule has 0 aliphatic rings. The summed E-state index contributed by atoms with van der Waals surface area (Å²) in [6.07, 6.45) is 15.6. The van der Waals surface area contributed by atoms with Crippen molar-refractivity contribution in [2.75, 3.05) is 0 Å². The number of nitrogens with two attached hydrogens (primary N) is 1. The van der Waals surface area contributed by atoms with Gasteiger partial charge in [0.25, 0.3) is 0 Å². The highest BCUT2D eigenvalue weighted by Gasteiger charge is 2.08. The molecule has 1 aromatic carbocycles. The molecule has 2 N–H and O–H groups in total. The number of amides is 1. The molecule has 0 aliphatic carbocycles. The highest BCUT2D eigenvalue weighted by atomic mass is 32.1. The van der Waals surface area contributed by atoms with Crippen molar-refractivity contribution in [1.82, 2.24) is 0 Å². The van der Waals surface area contributed by atoms with Gasteiger partial charge in [-0.15, -0.1) is 24.5 Å². The van der Waals surface area contributed by atoms with Crippen molar-refractivity contribution in [2.24, 2.45) is 5.73 Å². The predicted molar refractivity (Wildman–Crippen MR) is 106 cm³/mol. The first-order chi connectivity index (χ1) is 11.7. The van der Waals surface area contributed by atoms with E-state index in [4.69, 9.17) is 5.73 Å². The Kier molecular flexibility index (Phi) is 6.52. The number of thiophene rings is 1. The first kappa shape index (κ1) is 17.7. The summed E-state index contributed by atoms with van der Waals surface area (Å²) >= 11 is 1.70. The van der Waals surface area contributed by atoms with Gasteiger partial charge in [-0.25, -0.2) is 0 Å². The van der Waals surface area contributed by atoms with Gasteiger partial charge in [-0.3, -0.25) is 4.79 Å². The average molecular weight is 335 g/mol. The lowest BCUT2D eigenvalue weighted by Crippen LogP contribution is -2.10. The molecular formula is C21H21NOS. The van der Waals surface area contributed by atoms with E-state index in [0.717, 1.165) is 22.9 Å². The van der Waals surface area contributed by atoms with Crippen molar-refractivity contribution in [3.8, 4) is 0 Å². The largest absolute Gasteiger partial charge is 0.366 e. The van der Waals surface area contributed by atoms with Gasteiger partial charge in [0.15, 0.2) is 0 Å². The number of carbonyl (C=O) groups excluding carboxylic acids is 1. The van der Waals surface area contributed by atoms with E-state index < -0.39 is 5.91 Å². The van der Waals surface area contributed by atoms with E-state index in [0.29, 0.717) is 5.56 Å². The zero-order chi connectivity index (χ0) is 17.4. The quantitative estimate of drug-likeness (QED) is 0.492. The molecule has 1 amide bonds. The predicted octanol–water partition coefficient (Wildman–Crippen LogP) is 5.65. The Morgan fingerprint density at radius 3 is 2.67 bits per heavy atom. The first-order valence-corrected chi connectivity index (χ1v) is 8.55. The second-order valence-electron chi connectivity index (χ2n) is 5.25. The maximum atomic E-state index is 11.3. The van der Waals surface area contributed by atoms with E-state index in [1.807, 2.05) is 42.5 Å². The van der Waals surface area contributed by atoms with Crippen LogP contribution in [0.3, 0.4) is 0 Å². The third kappa shape index (κ3) is 4.67. The Bertz CT molecular complexity index is 837. The fourth-order valence-electron chi connectivity index (χ4n) is 2.25.